The first-order chi connectivity index (χ1) is 4.86. The first-order valence-electron chi connectivity index (χ1n) is 4.42. The highest BCUT2D eigenvalue weighted by Gasteiger charge is 2.16. The Labute approximate surface area is 64.3 Å². The summed E-state index contributed by atoms with van der Waals surface area (Å²) in [6.45, 7) is 7.75. The summed E-state index contributed by atoms with van der Waals surface area (Å²) < 4.78 is 0. The van der Waals surface area contributed by atoms with Crippen LogP contribution in [0.15, 0.2) is 6.08 Å². The van der Waals surface area contributed by atoms with Crippen molar-refractivity contribution in [1.29, 1.82) is 0 Å². The molecule has 1 fully saturated rings. The van der Waals surface area contributed by atoms with Gasteiger partial charge in [-0.1, -0.05) is 26.0 Å². The van der Waals surface area contributed by atoms with E-state index in [1.165, 1.54) is 32.1 Å². The maximum Gasteiger partial charge on any atom is -0.0230 e. The van der Waals surface area contributed by atoms with Crippen LogP contribution >= 0.6 is 0 Å². The van der Waals surface area contributed by atoms with E-state index in [0.29, 0.717) is 0 Å². The fraction of sp³-hybridized carbons (Fsp3) is 0.800. The van der Waals surface area contributed by atoms with E-state index in [0.717, 1.165) is 11.8 Å². The molecule has 10 heavy (non-hydrogen) atoms. The van der Waals surface area contributed by atoms with Gasteiger partial charge in [0.05, 0.1) is 0 Å². The smallest absolute Gasteiger partial charge is 0.0230 e. The summed E-state index contributed by atoms with van der Waals surface area (Å²) in [6, 6.07) is 0. The topological polar surface area (TPSA) is 0 Å². The molecular formula is C10H17. The van der Waals surface area contributed by atoms with Crippen molar-refractivity contribution in [3.05, 3.63) is 12.7 Å². The molecule has 0 atom stereocenters. The highest BCUT2D eigenvalue weighted by molar-refractivity contribution is 4.81. The Morgan fingerprint density at radius 1 is 1.30 bits per heavy atom. The van der Waals surface area contributed by atoms with Crippen LogP contribution in [0.1, 0.15) is 39.0 Å². The minimum absolute atomic E-state index is 0.725. The normalized spacial score (nSPS) is 33.7. The number of allylic oxidation sites excluding steroid dienone is 1. The Hall–Kier alpha value is -0.260. The summed E-state index contributed by atoms with van der Waals surface area (Å²) in [5.74, 6) is 1.72. The fourth-order valence-electron chi connectivity index (χ4n) is 1.79. The van der Waals surface area contributed by atoms with Crippen LogP contribution in [0.2, 0.25) is 0 Å². The van der Waals surface area contributed by atoms with Crippen LogP contribution in [-0.2, 0) is 0 Å². The van der Waals surface area contributed by atoms with Gasteiger partial charge >= 0.3 is 0 Å². The summed E-state index contributed by atoms with van der Waals surface area (Å²) in [5.41, 5.74) is 0. The third-order valence-electron chi connectivity index (χ3n) is 2.74. The Kier molecular flexibility index (Phi) is 2.98. The van der Waals surface area contributed by atoms with E-state index in [2.05, 4.69) is 6.92 Å². The minimum Gasteiger partial charge on any atom is -0.0814 e. The summed E-state index contributed by atoms with van der Waals surface area (Å²) >= 11 is 0. The van der Waals surface area contributed by atoms with Crippen LogP contribution in [0.25, 0.3) is 0 Å². The minimum atomic E-state index is 0.725. The molecule has 1 saturated carbocycles. The van der Waals surface area contributed by atoms with Gasteiger partial charge in [-0.15, -0.1) is 0 Å². The third kappa shape index (κ3) is 1.86. The first-order valence-corrected chi connectivity index (χ1v) is 4.42. The van der Waals surface area contributed by atoms with Crippen LogP contribution in [0.4, 0.5) is 0 Å². The van der Waals surface area contributed by atoms with Gasteiger partial charge in [0.2, 0.25) is 0 Å². The zero-order valence-corrected chi connectivity index (χ0v) is 6.84. The van der Waals surface area contributed by atoms with Gasteiger partial charge in [0.15, 0.2) is 0 Å². The van der Waals surface area contributed by atoms with Crippen molar-refractivity contribution in [3.63, 3.8) is 0 Å². The summed E-state index contributed by atoms with van der Waals surface area (Å²) in [7, 11) is 0. The summed E-state index contributed by atoms with van der Waals surface area (Å²) in [6.07, 6.45) is 8.69. The van der Waals surface area contributed by atoms with E-state index < -0.39 is 0 Å². The lowest BCUT2D eigenvalue weighted by atomic mass is 9.81. The highest BCUT2D eigenvalue weighted by Crippen LogP contribution is 2.30. The second-order valence-electron chi connectivity index (χ2n) is 3.38. The molecule has 0 unspecified atom stereocenters. The van der Waals surface area contributed by atoms with Gasteiger partial charge < -0.3 is 0 Å². The Morgan fingerprint density at radius 3 is 2.30 bits per heavy atom. The Morgan fingerprint density at radius 2 is 1.90 bits per heavy atom. The van der Waals surface area contributed by atoms with E-state index in [9.17, 15) is 0 Å². The predicted octanol–water partition coefficient (Wildman–Crippen LogP) is 3.19. The van der Waals surface area contributed by atoms with Gasteiger partial charge in [0.1, 0.15) is 0 Å². The average molecular weight is 137 g/mol. The van der Waals surface area contributed by atoms with Crippen molar-refractivity contribution in [2.75, 3.05) is 0 Å². The molecule has 0 saturated heterocycles. The van der Waals surface area contributed by atoms with Crippen molar-refractivity contribution in [2.24, 2.45) is 11.8 Å². The predicted molar refractivity (Wildman–Crippen MR) is 44.6 cm³/mol. The van der Waals surface area contributed by atoms with Crippen molar-refractivity contribution in [1.82, 2.24) is 0 Å². The molecule has 0 N–H and O–H groups in total. The lowest BCUT2D eigenvalue weighted by Gasteiger charge is -2.25. The second kappa shape index (κ2) is 3.80. The van der Waals surface area contributed by atoms with Gasteiger partial charge in [-0.05, 0) is 37.5 Å². The van der Waals surface area contributed by atoms with Crippen molar-refractivity contribution in [2.45, 2.75) is 39.0 Å². The zero-order chi connectivity index (χ0) is 7.40. The maximum absolute atomic E-state index is 5.47. The molecule has 1 rings (SSSR count). The first kappa shape index (κ1) is 7.84. The SMILES string of the molecule is [CH]=CC1CCC(CC)CC1. The van der Waals surface area contributed by atoms with Gasteiger partial charge in [0.25, 0.3) is 0 Å². The quantitative estimate of drug-likeness (QED) is 0.548. The van der Waals surface area contributed by atoms with E-state index in [4.69, 9.17) is 6.58 Å². The standard InChI is InChI=1S/C10H17/c1-3-9-5-7-10(4-2)8-6-9/h1,3,9-10H,4-8H2,2H3. The fourth-order valence-corrected chi connectivity index (χ4v) is 1.79. The van der Waals surface area contributed by atoms with Crippen molar-refractivity contribution >= 4 is 0 Å². The molecule has 0 amide bonds. The molecule has 0 bridgehead atoms. The van der Waals surface area contributed by atoms with E-state index in [-0.39, 0.29) is 0 Å². The third-order valence-corrected chi connectivity index (χ3v) is 2.74. The van der Waals surface area contributed by atoms with Gasteiger partial charge in [-0.2, -0.15) is 0 Å². The van der Waals surface area contributed by atoms with E-state index in [1.54, 1.807) is 0 Å². The largest absolute Gasteiger partial charge is 0.0814 e. The second-order valence-corrected chi connectivity index (χ2v) is 3.38. The molecule has 1 aliphatic rings. The lowest BCUT2D eigenvalue weighted by Crippen LogP contribution is -2.11. The molecule has 1 aliphatic carbocycles. The van der Waals surface area contributed by atoms with Gasteiger partial charge in [0, 0.05) is 0 Å². The lowest BCUT2D eigenvalue weighted by molar-refractivity contribution is 0.304. The molecule has 0 aromatic rings. The van der Waals surface area contributed by atoms with Crippen molar-refractivity contribution in [3.8, 4) is 0 Å². The van der Waals surface area contributed by atoms with Crippen LogP contribution in [0.5, 0.6) is 0 Å². The number of rotatable bonds is 2. The van der Waals surface area contributed by atoms with E-state index in [1.807, 2.05) is 6.08 Å². The zero-order valence-electron chi connectivity index (χ0n) is 6.84. The molecule has 0 aliphatic heterocycles. The molecule has 0 heteroatoms. The van der Waals surface area contributed by atoms with Crippen LogP contribution in [-0.4, -0.2) is 0 Å². The van der Waals surface area contributed by atoms with Crippen LogP contribution < -0.4 is 0 Å². The average Bonchev–Trinajstić information content (AvgIpc) is 2.05. The molecule has 57 valence electrons. The summed E-state index contributed by atoms with van der Waals surface area (Å²) in [5, 5.41) is 0. The summed E-state index contributed by atoms with van der Waals surface area (Å²) in [4.78, 5) is 0. The highest BCUT2D eigenvalue weighted by atomic mass is 14.2. The maximum atomic E-state index is 5.47. The van der Waals surface area contributed by atoms with Gasteiger partial charge in [-0.3, -0.25) is 0 Å². The van der Waals surface area contributed by atoms with Crippen LogP contribution in [0.3, 0.4) is 0 Å². The van der Waals surface area contributed by atoms with Crippen molar-refractivity contribution < 1.29 is 0 Å². The molecular weight excluding hydrogens is 120 g/mol. The number of hydrogen-bond donors (Lipinski definition) is 0. The number of hydrogen-bond acceptors (Lipinski definition) is 0. The Balaban J connectivity index is 2.23. The molecule has 1 radical (unpaired) electrons. The van der Waals surface area contributed by atoms with Crippen LogP contribution in [0, 0.1) is 18.4 Å². The molecule has 0 aromatic carbocycles. The molecule has 0 spiro atoms. The molecule has 0 aromatic heterocycles. The Bertz CT molecular complexity index is 96.6. The molecule has 0 nitrogen and oxygen atoms in total. The molecule has 0 heterocycles. The van der Waals surface area contributed by atoms with E-state index >= 15 is 0 Å². The monoisotopic (exact) mass is 137 g/mol. The van der Waals surface area contributed by atoms with Gasteiger partial charge in [-0.25, -0.2) is 0 Å².